The van der Waals surface area contributed by atoms with Crippen molar-refractivity contribution in [3.8, 4) is 0 Å². The predicted octanol–water partition coefficient (Wildman–Crippen LogP) is 1.88. The van der Waals surface area contributed by atoms with Crippen molar-refractivity contribution in [2.45, 2.75) is 19.6 Å². The van der Waals surface area contributed by atoms with Crippen LogP contribution in [0, 0.1) is 0 Å². The normalized spacial score (nSPS) is 13.3. The first-order valence-electron chi connectivity index (χ1n) is 5.68. The standard InChI is InChI=1S/C11H20ClN3OS/c1-4-17-8-10(16)11-9(12)7-13-15(11)6-5-14(2)3/h7,10,16H,4-6,8H2,1-3H3. The number of aliphatic hydroxyl groups is 1. The van der Waals surface area contributed by atoms with Crippen LogP contribution in [0.25, 0.3) is 0 Å². The number of likely N-dealkylation sites (N-methyl/N-ethyl adjacent to an activating group) is 1. The van der Waals surface area contributed by atoms with Gasteiger partial charge in [-0.3, -0.25) is 4.68 Å². The Morgan fingerprint density at radius 2 is 2.29 bits per heavy atom. The molecule has 1 aromatic rings. The molecule has 0 saturated heterocycles. The van der Waals surface area contributed by atoms with E-state index in [9.17, 15) is 5.11 Å². The molecule has 4 nitrogen and oxygen atoms in total. The summed E-state index contributed by atoms with van der Waals surface area (Å²) in [5.74, 6) is 1.64. The highest BCUT2D eigenvalue weighted by atomic mass is 35.5. The lowest BCUT2D eigenvalue weighted by molar-refractivity contribution is 0.190. The van der Waals surface area contributed by atoms with E-state index in [1.807, 2.05) is 14.1 Å². The minimum Gasteiger partial charge on any atom is -0.386 e. The van der Waals surface area contributed by atoms with Gasteiger partial charge in [0.25, 0.3) is 0 Å². The summed E-state index contributed by atoms with van der Waals surface area (Å²) in [6.45, 7) is 3.68. The lowest BCUT2D eigenvalue weighted by Gasteiger charge is -2.15. The van der Waals surface area contributed by atoms with Crippen LogP contribution in [0.5, 0.6) is 0 Å². The number of aliphatic hydroxyl groups excluding tert-OH is 1. The van der Waals surface area contributed by atoms with Crippen LogP contribution in [0.1, 0.15) is 18.7 Å². The largest absolute Gasteiger partial charge is 0.386 e. The van der Waals surface area contributed by atoms with Crippen molar-refractivity contribution in [1.82, 2.24) is 14.7 Å². The smallest absolute Gasteiger partial charge is 0.106 e. The summed E-state index contributed by atoms with van der Waals surface area (Å²) in [4.78, 5) is 2.08. The summed E-state index contributed by atoms with van der Waals surface area (Å²) < 4.78 is 1.79. The molecule has 0 spiro atoms. The number of hydrogen-bond donors (Lipinski definition) is 1. The Labute approximate surface area is 112 Å². The van der Waals surface area contributed by atoms with Gasteiger partial charge in [-0.2, -0.15) is 16.9 Å². The van der Waals surface area contributed by atoms with Crippen molar-refractivity contribution in [3.63, 3.8) is 0 Å². The van der Waals surface area contributed by atoms with Crippen molar-refractivity contribution in [1.29, 1.82) is 0 Å². The fourth-order valence-corrected chi connectivity index (χ4v) is 2.37. The van der Waals surface area contributed by atoms with Gasteiger partial charge in [0.2, 0.25) is 0 Å². The third-order valence-electron chi connectivity index (χ3n) is 2.39. The van der Waals surface area contributed by atoms with E-state index in [2.05, 4.69) is 16.9 Å². The topological polar surface area (TPSA) is 41.3 Å². The average Bonchev–Trinajstić information content (AvgIpc) is 2.64. The summed E-state index contributed by atoms with van der Waals surface area (Å²) in [6.07, 6.45) is 1.06. The summed E-state index contributed by atoms with van der Waals surface area (Å²) in [7, 11) is 4.02. The Balaban J connectivity index is 2.71. The van der Waals surface area contributed by atoms with Crippen molar-refractivity contribution in [2.75, 3.05) is 32.1 Å². The number of rotatable bonds is 7. The Morgan fingerprint density at radius 3 is 2.88 bits per heavy atom. The summed E-state index contributed by atoms with van der Waals surface area (Å²) >= 11 is 7.76. The Bertz CT molecular complexity index is 343. The van der Waals surface area contributed by atoms with Crippen LogP contribution in [0.3, 0.4) is 0 Å². The first-order valence-corrected chi connectivity index (χ1v) is 7.21. The van der Waals surface area contributed by atoms with Gasteiger partial charge in [-0.1, -0.05) is 18.5 Å². The van der Waals surface area contributed by atoms with E-state index in [1.54, 1.807) is 22.6 Å². The average molecular weight is 278 g/mol. The van der Waals surface area contributed by atoms with Crippen molar-refractivity contribution >= 4 is 23.4 Å². The zero-order valence-electron chi connectivity index (χ0n) is 10.6. The highest BCUT2D eigenvalue weighted by Crippen LogP contribution is 2.25. The molecule has 0 aromatic carbocycles. The van der Waals surface area contributed by atoms with Gasteiger partial charge in [-0.15, -0.1) is 0 Å². The molecule has 0 aliphatic heterocycles. The van der Waals surface area contributed by atoms with E-state index in [0.717, 1.165) is 24.5 Å². The molecule has 1 N–H and O–H groups in total. The fourth-order valence-electron chi connectivity index (χ4n) is 1.48. The quantitative estimate of drug-likeness (QED) is 0.826. The van der Waals surface area contributed by atoms with E-state index in [-0.39, 0.29) is 0 Å². The maximum Gasteiger partial charge on any atom is 0.106 e. The fraction of sp³-hybridized carbons (Fsp3) is 0.727. The first-order chi connectivity index (χ1) is 8.06. The second-order valence-corrected chi connectivity index (χ2v) is 5.81. The van der Waals surface area contributed by atoms with Crippen LogP contribution in [0.2, 0.25) is 5.02 Å². The molecule has 1 heterocycles. The summed E-state index contributed by atoms with van der Waals surface area (Å²) in [5.41, 5.74) is 0.731. The van der Waals surface area contributed by atoms with Crippen LogP contribution in [-0.4, -0.2) is 51.9 Å². The van der Waals surface area contributed by atoms with Gasteiger partial charge >= 0.3 is 0 Å². The molecule has 1 atom stereocenters. The Hall–Kier alpha value is -0.230. The van der Waals surface area contributed by atoms with Crippen molar-refractivity contribution in [3.05, 3.63) is 16.9 Å². The summed E-state index contributed by atoms with van der Waals surface area (Å²) in [5, 5.41) is 14.8. The molecular weight excluding hydrogens is 258 g/mol. The van der Waals surface area contributed by atoms with Crippen molar-refractivity contribution in [2.24, 2.45) is 0 Å². The van der Waals surface area contributed by atoms with E-state index in [0.29, 0.717) is 10.8 Å². The third-order valence-corrected chi connectivity index (χ3v) is 3.64. The van der Waals surface area contributed by atoms with Gasteiger partial charge < -0.3 is 10.0 Å². The second kappa shape index (κ2) is 7.26. The molecular formula is C11H20ClN3OS. The van der Waals surface area contributed by atoms with Crippen molar-refractivity contribution < 1.29 is 5.11 Å². The van der Waals surface area contributed by atoms with E-state index < -0.39 is 6.10 Å². The first kappa shape index (κ1) is 14.8. The zero-order valence-corrected chi connectivity index (χ0v) is 12.1. The van der Waals surface area contributed by atoms with Gasteiger partial charge in [0.1, 0.15) is 6.10 Å². The molecule has 1 aromatic heterocycles. The molecule has 0 bridgehead atoms. The van der Waals surface area contributed by atoms with Crippen LogP contribution in [0.4, 0.5) is 0 Å². The van der Waals surface area contributed by atoms with Gasteiger partial charge in [0.05, 0.1) is 23.5 Å². The van der Waals surface area contributed by atoms with Gasteiger partial charge in [-0.25, -0.2) is 0 Å². The predicted molar refractivity (Wildman–Crippen MR) is 73.7 cm³/mol. The monoisotopic (exact) mass is 277 g/mol. The molecule has 1 rings (SSSR count). The molecule has 0 aliphatic carbocycles. The zero-order chi connectivity index (χ0) is 12.8. The molecule has 0 radical (unpaired) electrons. The second-order valence-electron chi connectivity index (χ2n) is 4.08. The van der Waals surface area contributed by atoms with E-state index in [4.69, 9.17) is 11.6 Å². The van der Waals surface area contributed by atoms with Crippen LogP contribution in [-0.2, 0) is 6.54 Å². The van der Waals surface area contributed by atoms with Gasteiger partial charge in [-0.05, 0) is 19.8 Å². The molecule has 1 unspecified atom stereocenters. The Kier molecular flexibility index (Phi) is 6.33. The molecule has 0 aliphatic rings. The van der Waals surface area contributed by atoms with Gasteiger partial charge in [0, 0.05) is 12.3 Å². The SMILES string of the molecule is CCSCC(O)c1c(Cl)cnn1CCN(C)C. The molecule has 98 valence electrons. The summed E-state index contributed by atoms with van der Waals surface area (Å²) in [6, 6.07) is 0. The molecule has 0 amide bonds. The minimum absolute atomic E-state index is 0.544. The minimum atomic E-state index is -0.544. The number of nitrogens with zero attached hydrogens (tertiary/aromatic N) is 3. The van der Waals surface area contributed by atoms with Gasteiger partial charge in [0.15, 0.2) is 0 Å². The highest BCUT2D eigenvalue weighted by molar-refractivity contribution is 7.99. The number of aromatic nitrogens is 2. The van der Waals surface area contributed by atoms with Crippen LogP contribution in [0.15, 0.2) is 6.20 Å². The highest BCUT2D eigenvalue weighted by Gasteiger charge is 2.17. The van der Waals surface area contributed by atoms with Crippen LogP contribution >= 0.6 is 23.4 Å². The Morgan fingerprint density at radius 1 is 1.59 bits per heavy atom. The maximum absolute atomic E-state index is 10.1. The number of thioether (sulfide) groups is 1. The maximum atomic E-state index is 10.1. The molecule has 0 saturated carbocycles. The lowest BCUT2D eigenvalue weighted by Crippen LogP contribution is -2.21. The van der Waals surface area contributed by atoms with Crippen LogP contribution < -0.4 is 0 Å². The number of halogens is 1. The van der Waals surface area contributed by atoms with E-state index in [1.165, 1.54) is 0 Å². The number of hydrogen-bond acceptors (Lipinski definition) is 4. The molecule has 17 heavy (non-hydrogen) atoms. The van der Waals surface area contributed by atoms with E-state index >= 15 is 0 Å². The lowest BCUT2D eigenvalue weighted by atomic mass is 10.3. The molecule has 0 fully saturated rings. The third kappa shape index (κ3) is 4.50. The molecule has 6 heteroatoms.